The lowest BCUT2D eigenvalue weighted by Gasteiger charge is -2.27. The molecule has 25 heteroatoms. The highest BCUT2D eigenvalue weighted by molar-refractivity contribution is 5.99. The number of H-pyrrole nitrogens is 2. The van der Waals surface area contributed by atoms with E-state index >= 15 is 0 Å². The number of primary amides is 1. The Balaban J connectivity index is 1.55. The molecule has 18 N–H and O–H groups in total. The lowest BCUT2D eigenvalue weighted by Crippen LogP contribution is -2.59. The molecule has 0 saturated carbocycles. The number of rotatable bonds is 18. The van der Waals surface area contributed by atoms with Crippen molar-refractivity contribution in [1.82, 2.24) is 46.9 Å². The third-order valence-corrected chi connectivity index (χ3v) is 13.0. The molecule has 7 atom stereocenters. The second-order valence-electron chi connectivity index (χ2n) is 19.1. The van der Waals surface area contributed by atoms with Crippen molar-refractivity contribution in [1.29, 1.82) is 0 Å². The third kappa shape index (κ3) is 19.9. The maximum atomic E-state index is 14.9. The number of para-hydroxylation sites is 1. The third-order valence-electron chi connectivity index (χ3n) is 13.0. The van der Waals surface area contributed by atoms with E-state index in [4.69, 9.17) is 28.7 Å². The molecule has 7 amide bonds. The summed E-state index contributed by atoms with van der Waals surface area (Å²) in [7, 11) is 0. The number of ketones is 2. The molecule has 4 aromatic rings. The number of carbonyl (C=O) groups excluding carboxylic acids is 9. The standard InChI is InChI=1S/C52H72N16O9/c1-30(69)64-39(17-10-20-61-52(56)57)48(75)68-42-26-45(72)59-18-8-7-16-38(46(53)73)65-47(74)33(22-34-27-62-37-15-6-5-14-36(34)37)24-43(70)32(13-9-19-60-51(54)55)23-44(71)40(21-31-11-3-2-4-12-31)66-49(76)41(67-50(42)77)25-35-28-58-29-63-35/h2-6,11-12,14-15,27-29,32-33,38-42,62H,7-10,13,16-26H2,1H3,(H2,53,73)(H,58,63)(H,59,72)(H,64,69)(H,65,74)(H,66,76)(H,67,77)(H,68,75)(H4,54,55,60)(H4,56,57,61)/t32-,33-,38+,39-,40-,41+,42+/m1/s1. The fraction of sp³-hybridized carbons (Fsp3) is 0.462. The first-order chi connectivity index (χ1) is 36.9. The molecule has 414 valence electrons. The van der Waals surface area contributed by atoms with Crippen LogP contribution in [0.5, 0.6) is 0 Å². The van der Waals surface area contributed by atoms with E-state index in [2.05, 4.69) is 56.8 Å². The first-order valence-electron chi connectivity index (χ1n) is 25.6. The quantitative estimate of drug-likeness (QED) is 0.0316. The van der Waals surface area contributed by atoms with Crippen LogP contribution in [-0.4, -0.2) is 130 Å². The number of nitrogens with one attached hydrogen (secondary N) is 8. The highest BCUT2D eigenvalue weighted by Crippen LogP contribution is 2.26. The van der Waals surface area contributed by atoms with Gasteiger partial charge in [0.1, 0.15) is 30.0 Å². The zero-order chi connectivity index (χ0) is 55.9. The van der Waals surface area contributed by atoms with Gasteiger partial charge in [-0.3, -0.25) is 53.1 Å². The first-order valence-corrected chi connectivity index (χ1v) is 25.6. The fourth-order valence-electron chi connectivity index (χ4n) is 9.04. The van der Waals surface area contributed by atoms with Crippen molar-refractivity contribution in [2.45, 2.75) is 121 Å². The maximum absolute atomic E-state index is 14.9. The number of benzene rings is 2. The number of nitrogens with two attached hydrogens (primary N) is 5. The Morgan fingerprint density at radius 2 is 1.42 bits per heavy atom. The Bertz CT molecular complexity index is 2720. The monoisotopic (exact) mass is 1060 g/mol. The van der Waals surface area contributed by atoms with Crippen molar-refractivity contribution in [3.05, 3.63) is 90.1 Å². The Hall–Kier alpha value is -8.64. The average Bonchev–Trinajstić information content (AvgIpc) is 4.07. The number of nitrogens with zero attached hydrogens (tertiary/aromatic N) is 3. The molecule has 2 aromatic carbocycles. The number of amides is 7. The SMILES string of the molecule is CC(=O)N[C@H](CCCN=C(N)N)C(=O)N[C@H]1CC(=O)NCCCC[C@@H](C(N)=O)NC(=O)[C@H](Cc2c[nH]c3ccccc23)CC(=O)[C@H](CCCN=C(N)N)CC(=O)[C@@H](Cc2ccccc2)NC(=O)[C@H](Cc2cnc[nH]2)NC1=O. The van der Waals surface area contributed by atoms with Crippen LogP contribution in [0.3, 0.4) is 0 Å². The molecule has 0 unspecified atom stereocenters. The lowest BCUT2D eigenvalue weighted by atomic mass is 9.83. The van der Waals surface area contributed by atoms with E-state index in [9.17, 15) is 43.2 Å². The number of aromatic amines is 2. The summed E-state index contributed by atoms with van der Waals surface area (Å²) in [5, 5.41) is 16.9. The van der Waals surface area contributed by atoms with E-state index < -0.39 is 108 Å². The van der Waals surface area contributed by atoms with E-state index in [1.807, 2.05) is 24.3 Å². The molecule has 25 nitrogen and oxygen atoms in total. The summed E-state index contributed by atoms with van der Waals surface area (Å²) in [6.45, 7) is 1.47. The van der Waals surface area contributed by atoms with Crippen LogP contribution in [0.4, 0.5) is 0 Å². The number of aromatic nitrogens is 3. The van der Waals surface area contributed by atoms with Gasteiger partial charge in [-0.05, 0) is 75.0 Å². The van der Waals surface area contributed by atoms with Crippen molar-refractivity contribution in [3.8, 4) is 0 Å². The molecule has 77 heavy (non-hydrogen) atoms. The van der Waals surface area contributed by atoms with Crippen LogP contribution >= 0.6 is 0 Å². The summed E-state index contributed by atoms with van der Waals surface area (Å²) in [5.74, 6) is -8.73. The largest absolute Gasteiger partial charge is 0.370 e. The summed E-state index contributed by atoms with van der Waals surface area (Å²) >= 11 is 0. The number of hydrogen-bond acceptors (Lipinski definition) is 12. The van der Waals surface area contributed by atoms with Crippen molar-refractivity contribution in [3.63, 3.8) is 0 Å². The normalized spacial score (nSPS) is 21.1. The summed E-state index contributed by atoms with van der Waals surface area (Å²) in [4.78, 5) is 144. The minimum Gasteiger partial charge on any atom is -0.370 e. The van der Waals surface area contributed by atoms with Crippen LogP contribution in [0.25, 0.3) is 10.9 Å². The van der Waals surface area contributed by atoms with Crippen molar-refractivity contribution in [2.24, 2.45) is 50.5 Å². The smallest absolute Gasteiger partial charge is 0.243 e. The molecule has 2 aromatic heterocycles. The number of aliphatic imine (C=N–C) groups is 2. The summed E-state index contributed by atoms with van der Waals surface area (Å²) in [6, 6.07) is 9.49. The van der Waals surface area contributed by atoms with Gasteiger partial charge in [0.15, 0.2) is 17.7 Å². The number of hydrogen-bond donors (Lipinski definition) is 13. The van der Waals surface area contributed by atoms with E-state index in [1.165, 1.54) is 19.4 Å². The second kappa shape index (κ2) is 30.0. The molecular weight excluding hydrogens is 993 g/mol. The molecule has 1 aliphatic rings. The van der Waals surface area contributed by atoms with Crippen molar-refractivity contribution < 1.29 is 43.2 Å². The van der Waals surface area contributed by atoms with Gasteiger partial charge in [-0.2, -0.15) is 0 Å². The highest BCUT2D eigenvalue weighted by Gasteiger charge is 2.36. The van der Waals surface area contributed by atoms with E-state index in [0.29, 0.717) is 11.3 Å². The molecule has 3 heterocycles. The van der Waals surface area contributed by atoms with Gasteiger partial charge in [0.2, 0.25) is 41.4 Å². The highest BCUT2D eigenvalue weighted by atomic mass is 16.2. The molecule has 5 rings (SSSR count). The predicted octanol–water partition coefficient (Wildman–Crippen LogP) is -1.20. The summed E-state index contributed by atoms with van der Waals surface area (Å²) in [5.41, 5.74) is 30.5. The van der Waals surface area contributed by atoms with Crippen LogP contribution in [0.15, 0.2) is 83.3 Å². The number of Topliss-reactive ketones (excluding diaryl/α,β-unsaturated/α-hetero) is 2. The average molecular weight is 1070 g/mol. The van der Waals surface area contributed by atoms with E-state index in [0.717, 1.165) is 16.5 Å². The topological polar surface area (TPSA) is 425 Å². The minimum atomic E-state index is -1.63. The van der Waals surface area contributed by atoms with Crippen LogP contribution in [0, 0.1) is 11.8 Å². The van der Waals surface area contributed by atoms with Gasteiger partial charge in [-0.15, -0.1) is 0 Å². The maximum Gasteiger partial charge on any atom is 0.243 e. The van der Waals surface area contributed by atoms with Gasteiger partial charge in [0.25, 0.3) is 0 Å². The lowest BCUT2D eigenvalue weighted by molar-refractivity contribution is -0.136. The molecule has 0 aliphatic carbocycles. The predicted molar refractivity (Wildman–Crippen MR) is 286 cm³/mol. The molecule has 0 bridgehead atoms. The fourth-order valence-corrected chi connectivity index (χ4v) is 9.04. The zero-order valence-corrected chi connectivity index (χ0v) is 43.2. The molecule has 1 aliphatic heterocycles. The van der Waals surface area contributed by atoms with Crippen molar-refractivity contribution >= 4 is 75.7 Å². The Labute approximate surface area is 445 Å². The van der Waals surface area contributed by atoms with Gasteiger partial charge < -0.3 is 70.5 Å². The van der Waals surface area contributed by atoms with Crippen LogP contribution in [-0.2, 0) is 62.4 Å². The number of carbonyl (C=O) groups is 9. The summed E-state index contributed by atoms with van der Waals surface area (Å²) < 4.78 is 0. The van der Waals surface area contributed by atoms with Gasteiger partial charge in [-0.25, -0.2) is 4.98 Å². The van der Waals surface area contributed by atoms with Gasteiger partial charge in [0.05, 0.1) is 18.8 Å². The van der Waals surface area contributed by atoms with Gasteiger partial charge >= 0.3 is 0 Å². The van der Waals surface area contributed by atoms with Crippen LogP contribution in [0.1, 0.15) is 88.0 Å². The number of guanidine groups is 2. The molecule has 0 spiro atoms. The Morgan fingerprint density at radius 1 is 0.727 bits per heavy atom. The molecule has 1 fully saturated rings. The summed E-state index contributed by atoms with van der Waals surface area (Å²) in [6.07, 6.45) is 4.23. The van der Waals surface area contributed by atoms with Gasteiger partial charge in [0, 0.05) is 86.6 Å². The Morgan fingerprint density at radius 3 is 2.10 bits per heavy atom. The molecule has 1 saturated heterocycles. The zero-order valence-electron chi connectivity index (χ0n) is 43.2. The van der Waals surface area contributed by atoms with Crippen LogP contribution in [0.2, 0.25) is 0 Å². The Kier molecular flexibility index (Phi) is 23.1. The van der Waals surface area contributed by atoms with Gasteiger partial charge in [-0.1, -0.05) is 48.5 Å². The van der Waals surface area contributed by atoms with Crippen LogP contribution < -0.4 is 60.6 Å². The van der Waals surface area contributed by atoms with Crippen molar-refractivity contribution in [2.75, 3.05) is 19.6 Å². The number of imidazole rings is 1. The molecule has 0 radical (unpaired) electrons. The first kappa shape index (κ1) is 59.2. The molecular formula is C52H72N16O9. The van der Waals surface area contributed by atoms with E-state index in [1.54, 1.807) is 36.5 Å². The number of fused-ring (bicyclic) bond motifs is 1. The minimum absolute atomic E-state index is 0.0316. The second-order valence-corrected chi connectivity index (χ2v) is 19.1. The van der Waals surface area contributed by atoms with E-state index in [-0.39, 0.29) is 102 Å².